The molecule has 0 aliphatic rings. The Hall–Kier alpha value is -1.97. The van der Waals surface area contributed by atoms with E-state index < -0.39 is 0 Å². The molecule has 4 nitrogen and oxygen atoms in total. The predicted molar refractivity (Wildman–Crippen MR) is 59.1 cm³/mol. The summed E-state index contributed by atoms with van der Waals surface area (Å²) >= 11 is 0. The van der Waals surface area contributed by atoms with Crippen molar-refractivity contribution in [2.75, 3.05) is 5.73 Å². The van der Waals surface area contributed by atoms with Gasteiger partial charge < -0.3 is 5.73 Å². The molecule has 2 N–H and O–H groups in total. The number of nitrogens with zero attached hydrogens (tertiary/aromatic N) is 3. The van der Waals surface area contributed by atoms with Crippen LogP contribution in [0.5, 0.6) is 0 Å². The summed E-state index contributed by atoms with van der Waals surface area (Å²) in [5.74, 6) is 0.205. The van der Waals surface area contributed by atoms with Crippen LogP contribution in [0.25, 0.3) is 11.3 Å². The fourth-order valence-electron chi connectivity index (χ4n) is 1.38. The fourth-order valence-corrected chi connectivity index (χ4v) is 1.38. The molecule has 0 spiro atoms. The van der Waals surface area contributed by atoms with Crippen LogP contribution in [0.3, 0.4) is 0 Å². The van der Waals surface area contributed by atoms with Gasteiger partial charge in [0.15, 0.2) is 0 Å². The number of hydrogen-bond acceptors (Lipinski definition) is 4. The van der Waals surface area contributed by atoms with Crippen LogP contribution >= 0.6 is 0 Å². The fraction of sp³-hybridized carbons (Fsp3) is 0.182. The van der Waals surface area contributed by atoms with Gasteiger partial charge in [-0.25, -0.2) is 4.98 Å². The van der Waals surface area contributed by atoms with Gasteiger partial charge in [0.2, 0.25) is 5.95 Å². The number of rotatable bonds is 1. The average molecular weight is 200 g/mol. The van der Waals surface area contributed by atoms with Crippen LogP contribution in [-0.2, 0) is 0 Å². The molecule has 0 amide bonds. The van der Waals surface area contributed by atoms with E-state index >= 15 is 0 Å². The van der Waals surface area contributed by atoms with Crippen LogP contribution in [0.1, 0.15) is 11.3 Å². The highest BCUT2D eigenvalue weighted by atomic mass is 15.2. The second-order valence-corrected chi connectivity index (χ2v) is 3.47. The van der Waals surface area contributed by atoms with Crippen molar-refractivity contribution in [3.8, 4) is 11.3 Å². The number of benzene rings is 1. The number of hydrogen-bond donors (Lipinski definition) is 1. The zero-order chi connectivity index (χ0) is 10.8. The molecule has 0 saturated carbocycles. The Morgan fingerprint density at radius 3 is 2.33 bits per heavy atom. The Bertz CT molecular complexity index is 476. The van der Waals surface area contributed by atoms with Gasteiger partial charge >= 0.3 is 0 Å². The van der Waals surface area contributed by atoms with Crippen LogP contribution in [-0.4, -0.2) is 15.2 Å². The van der Waals surface area contributed by atoms with Crippen LogP contribution in [0.4, 0.5) is 5.95 Å². The van der Waals surface area contributed by atoms with Crippen LogP contribution < -0.4 is 5.73 Å². The zero-order valence-corrected chi connectivity index (χ0v) is 8.73. The largest absolute Gasteiger partial charge is 0.366 e. The molecule has 1 aromatic carbocycles. The second-order valence-electron chi connectivity index (χ2n) is 3.47. The van der Waals surface area contributed by atoms with Crippen molar-refractivity contribution < 1.29 is 0 Å². The van der Waals surface area contributed by atoms with Crippen molar-refractivity contribution in [3.05, 3.63) is 35.5 Å². The molecule has 15 heavy (non-hydrogen) atoms. The molecule has 0 atom stereocenters. The lowest BCUT2D eigenvalue weighted by atomic mass is 10.1. The summed E-state index contributed by atoms with van der Waals surface area (Å²) in [6.07, 6.45) is 0. The molecule has 0 unspecified atom stereocenters. The van der Waals surface area contributed by atoms with Crippen LogP contribution in [0, 0.1) is 13.8 Å². The summed E-state index contributed by atoms with van der Waals surface area (Å²) in [7, 11) is 0. The molecule has 0 fully saturated rings. The van der Waals surface area contributed by atoms with Crippen molar-refractivity contribution in [3.63, 3.8) is 0 Å². The summed E-state index contributed by atoms with van der Waals surface area (Å²) in [5, 5.41) is 7.64. The summed E-state index contributed by atoms with van der Waals surface area (Å²) in [4.78, 5) is 4.18. The number of aromatic nitrogens is 3. The Kier molecular flexibility index (Phi) is 2.33. The molecule has 2 aromatic rings. The third-order valence-electron chi connectivity index (χ3n) is 2.20. The zero-order valence-electron chi connectivity index (χ0n) is 8.73. The second kappa shape index (κ2) is 3.65. The number of aryl methyl sites for hydroxylation is 2. The first-order valence-corrected chi connectivity index (χ1v) is 4.70. The van der Waals surface area contributed by atoms with Gasteiger partial charge in [0.1, 0.15) is 0 Å². The lowest BCUT2D eigenvalue weighted by Gasteiger charge is -2.04. The Balaban J connectivity index is 2.53. The van der Waals surface area contributed by atoms with Gasteiger partial charge in [0.25, 0.3) is 0 Å². The monoisotopic (exact) mass is 200 g/mol. The van der Waals surface area contributed by atoms with E-state index in [0.29, 0.717) is 0 Å². The number of nitrogens with two attached hydrogens (primary N) is 1. The maximum Gasteiger partial charge on any atom is 0.240 e. The van der Waals surface area contributed by atoms with E-state index in [9.17, 15) is 0 Å². The Morgan fingerprint density at radius 2 is 1.67 bits per heavy atom. The normalized spacial score (nSPS) is 10.3. The van der Waals surface area contributed by atoms with E-state index in [4.69, 9.17) is 5.73 Å². The van der Waals surface area contributed by atoms with Gasteiger partial charge in [-0.3, -0.25) is 0 Å². The molecule has 0 aliphatic carbocycles. The highest BCUT2D eigenvalue weighted by Crippen LogP contribution is 2.19. The van der Waals surface area contributed by atoms with E-state index in [2.05, 4.69) is 15.2 Å². The van der Waals surface area contributed by atoms with Gasteiger partial charge in [-0.1, -0.05) is 29.8 Å². The molecule has 4 heteroatoms. The topological polar surface area (TPSA) is 64.7 Å². The summed E-state index contributed by atoms with van der Waals surface area (Å²) < 4.78 is 0. The van der Waals surface area contributed by atoms with Crippen molar-refractivity contribution in [2.24, 2.45) is 0 Å². The van der Waals surface area contributed by atoms with Gasteiger partial charge in [-0.2, -0.15) is 0 Å². The lowest BCUT2D eigenvalue weighted by molar-refractivity contribution is 0.945. The van der Waals surface area contributed by atoms with E-state index in [1.54, 1.807) is 0 Å². The quantitative estimate of drug-likeness (QED) is 0.761. The summed E-state index contributed by atoms with van der Waals surface area (Å²) in [5.41, 5.74) is 9.32. The van der Waals surface area contributed by atoms with Gasteiger partial charge in [0.05, 0.1) is 11.4 Å². The van der Waals surface area contributed by atoms with E-state index in [0.717, 1.165) is 17.0 Å². The van der Waals surface area contributed by atoms with E-state index in [1.165, 1.54) is 5.56 Å². The molecule has 0 bridgehead atoms. The van der Waals surface area contributed by atoms with Crippen molar-refractivity contribution >= 4 is 5.95 Å². The molecule has 2 rings (SSSR count). The molecule has 1 heterocycles. The minimum atomic E-state index is 0.205. The number of nitrogen functional groups attached to an aromatic ring is 1. The summed E-state index contributed by atoms with van der Waals surface area (Å²) in [6, 6.07) is 8.08. The molecule has 0 radical (unpaired) electrons. The predicted octanol–water partition coefficient (Wildman–Crippen LogP) is 1.74. The maximum absolute atomic E-state index is 5.51. The first kappa shape index (κ1) is 9.58. The average Bonchev–Trinajstić information content (AvgIpc) is 2.23. The first-order valence-electron chi connectivity index (χ1n) is 4.70. The first-order chi connectivity index (χ1) is 7.16. The highest BCUT2D eigenvalue weighted by molar-refractivity contribution is 5.62. The smallest absolute Gasteiger partial charge is 0.240 e. The van der Waals surface area contributed by atoms with Crippen molar-refractivity contribution in [2.45, 2.75) is 13.8 Å². The molecule has 76 valence electrons. The molecule has 0 saturated heterocycles. The third kappa shape index (κ3) is 1.93. The summed E-state index contributed by atoms with van der Waals surface area (Å²) in [6.45, 7) is 3.91. The van der Waals surface area contributed by atoms with Gasteiger partial charge in [-0.05, 0) is 13.8 Å². The minimum Gasteiger partial charge on any atom is -0.366 e. The Labute approximate surface area is 88.2 Å². The minimum absolute atomic E-state index is 0.205. The lowest BCUT2D eigenvalue weighted by Crippen LogP contribution is -2.01. The standard InChI is InChI=1S/C11H12N4/c1-7-3-5-9(6-4-7)10-8(2)14-15-11(12)13-10/h3-6H,1-2H3,(H2,12,13,15). The third-order valence-corrected chi connectivity index (χ3v) is 2.20. The maximum atomic E-state index is 5.51. The van der Waals surface area contributed by atoms with Gasteiger partial charge in [0, 0.05) is 5.56 Å². The van der Waals surface area contributed by atoms with Gasteiger partial charge in [-0.15, -0.1) is 10.2 Å². The molecular weight excluding hydrogens is 188 g/mol. The highest BCUT2D eigenvalue weighted by Gasteiger charge is 2.05. The molecular formula is C11H12N4. The van der Waals surface area contributed by atoms with Crippen LogP contribution in [0.15, 0.2) is 24.3 Å². The van der Waals surface area contributed by atoms with Crippen molar-refractivity contribution in [1.29, 1.82) is 0 Å². The molecule has 1 aromatic heterocycles. The van der Waals surface area contributed by atoms with Crippen LogP contribution in [0.2, 0.25) is 0 Å². The van der Waals surface area contributed by atoms with E-state index in [-0.39, 0.29) is 5.95 Å². The van der Waals surface area contributed by atoms with Crippen molar-refractivity contribution in [1.82, 2.24) is 15.2 Å². The van der Waals surface area contributed by atoms with E-state index in [1.807, 2.05) is 38.1 Å². The Morgan fingerprint density at radius 1 is 1.00 bits per heavy atom. The SMILES string of the molecule is Cc1ccc(-c2nc(N)nnc2C)cc1. The molecule has 0 aliphatic heterocycles. The number of anilines is 1.